The molecular weight excluding hydrogens is 1080 g/mol. The number of phenolic OH excluding ortho intramolecular Hbond substituents is 3. The number of allylic oxidation sites excluding steroid dienone is 1. The van der Waals surface area contributed by atoms with Gasteiger partial charge in [-0.1, -0.05) is 48.2 Å². The number of nitrogens with zero attached hydrogens (tertiary/aromatic N) is 1. The molecule has 6 heterocycles. The standard InChI is InChI=1S/C71H78N4O11/c1-39(77)58-29-42-14-13-41-15-16-44(78)31-51(41)61-36-59-60(21-24-72-59)75(61)69(42)71(74-58)23-22-70(38-71)37-43-28-55-52-34-63(82)64(84-2)35-53(52)54(67(43)50-19-17-45(79)33-56(50)70)32-46(80)30-47(18-11-40-12-20-62(81)65(27-40)85-26-25-76)86-66(83)10-6-4-8-49-48-7-3-5-9-57(48)73-68(49)55/h3,5,7,9,12,15-16,20-21,24,27-28,31,34-36,39,42-43,45,47,50,54,56,58,67,69,72-74,76-79,81-82H,8,10-11,13-14,17-19,22-23,25-26,29-30,32-33,37-38H2,1-2H3. The predicted molar refractivity (Wildman–Crippen MR) is 327 cm³/mol. The summed E-state index contributed by atoms with van der Waals surface area (Å²) < 4.78 is 20.4. The molecule has 13 unspecified atom stereocenters. The highest BCUT2D eigenvalue weighted by atomic mass is 16.5. The second kappa shape index (κ2) is 22.3. The van der Waals surface area contributed by atoms with Crippen LogP contribution in [0.1, 0.15) is 136 Å². The number of phenols is 3. The quantitative estimate of drug-likeness (QED) is 0.0511. The molecule has 3 saturated carbocycles. The zero-order valence-electron chi connectivity index (χ0n) is 49.0. The van der Waals surface area contributed by atoms with Crippen LogP contribution in [0, 0.1) is 46.8 Å². The van der Waals surface area contributed by atoms with Crippen molar-refractivity contribution in [2.24, 2.45) is 35.0 Å². The number of aliphatic hydroxyl groups excluding tert-OH is 3. The van der Waals surface area contributed by atoms with Gasteiger partial charge in [0, 0.05) is 59.1 Å². The number of H-pyrrole nitrogens is 2. The Morgan fingerprint density at radius 1 is 0.884 bits per heavy atom. The Labute approximate surface area is 500 Å². The van der Waals surface area contributed by atoms with E-state index in [4.69, 9.17) is 14.2 Å². The van der Waals surface area contributed by atoms with E-state index in [9.17, 15) is 35.4 Å². The molecule has 14 rings (SSSR count). The van der Waals surface area contributed by atoms with Crippen LogP contribution in [0.4, 0.5) is 0 Å². The van der Waals surface area contributed by atoms with Gasteiger partial charge < -0.3 is 64.7 Å². The molecule has 9 N–H and O–H groups in total. The first-order valence-electron chi connectivity index (χ1n) is 31.3. The van der Waals surface area contributed by atoms with Crippen molar-refractivity contribution in [2.75, 3.05) is 20.3 Å². The van der Waals surface area contributed by atoms with Crippen LogP contribution in [0.2, 0.25) is 0 Å². The number of hydrogen-bond acceptors (Lipinski definition) is 12. The maximum Gasteiger partial charge on any atom is 0.318 e. The molecule has 0 radical (unpaired) electrons. The van der Waals surface area contributed by atoms with Gasteiger partial charge in [0.2, 0.25) is 0 Å². The number of carbonyl (C=O) groups excluding carboxylic acids is 2. The van der Waals surface area contributed by atoms with Gasteiger partial charge in [-0.25, -0.2) is 0 Å². The zero-order chi connectivity index (χ0) is 59.2. The number of aliphatic hydroxyl groups is 3. The number of carbonyl (C=O) groups is 2. The number of rotatable bonds is 8. The van der Waals surface area contributed by atoms with Gasteiger partial charge in [0.05, 0.1) is 54.4 Å². The number of hydrogen-bond donors (Lipinski definition) is 9. The molecular formula is C71H78N4O11. The number of nitrogens with one attached hydrogen (secondary N) is 3. The summed E-state index contributed by atoms with van der Waals surface area (Å²) in [5, 5.41) is 72.3. The summed E-state index contributed by atoms with van der Waals surface area (Å²) in [5.74, 6) is 6.33. The first-order valence-corrected chi connectivity index (χ1v) is 31.3. The Bertz CT molecular complexity index is 3880. The number of methoxy groups -OCH3 is 1. The second-order valence-corrected chi connectivity index (χ2v) is 26.4. The Morgan fingerprint density at radius 2 is 1.74 bits per heavy atom. The van der Waals surface area contributed by atoms with E-state index in [1.54, 1.807) is 25.3 Å². The molecule has 3 aromatic heterocycles. The average molecular weight is 1160 g/mol. The average Bonchev–Trinajstić information content (AvgIpc) is 1.75. The van der Waals surface area contributed by atoms with Gasteiger partial charge >= 0.3 is 5.97 Å². The molecule has 1 saturated heterocycles. The van der Waals surface area contributed by atoms with Crippen LogP contribution < -0.4 is 14.8 Å². The number of aryl methyl sites for hydroxylation is 2. The van der Waals surface area contributed by atoms with Crippen molar-refractivity contribution in [3.63, 3.8) is 0 Å². The fourth-order valence-electron chi connectivity index (χ4n) is 18.2. The Kier molecular flexibility index (Phi) is 14.6. The number of esters is 1. The molecule has 448 valence electrons. The zero-order valence-corrected chi connectivity index (χ0v) is 49.0. The van der Waals surface area contributed by atoms with E-state index >= 15 is 4.79 Å². The van der Waals surface area contributed by atoms with Gasteiger partial charge in [0.25, 0.3) is 0 Å². The number of cyclic esters (lactones) is 1. The summed E-state index contributed by atoms with van der Waals surface area (Å²) in [4.78, 5) is 36.8. The van der Waals surface area contributed by atoms with Crippen LogP contribution >= 0.6 is 0 Å². The molecule has 4 fully saturated rings. The summed E-state index contributed by atoms with van der Waals surface area (Å²) in [6.07, 6.45) is 11.4. The molecule has 15 heteroatoms. The minimum absolute atomic E-state index is 0.00529. The number of fused-ring (bicyclic) bond motifs is 17. The van der Waals surface area contributed by atoms with Crippen LogP contribution in [0.25, 0.3) is 38.8 Å². The normalized spacial score (nSPS) is 30.0. The van der Waals surface area contributed by atoms with Gasteiger partial charge in [-0.3, -0.25) is 9.59 Å². The fraction of sp³-hybridized carbons (Fsp3) is 0.465. The summed E-state index contributed by atoms with van der Waals surface area (Å²) in [7, 11) is 1.56. The number of ether oxygens (including phenoxy) is 3. The van der Waals surface area contributed by atoms with Crippen molar-refractivity contribution < 1.29 is 54.4 Å². The number of piperidine rings is 1. The number of aromatic amines is 2. The summed E-state index contributed by atoms with van der Waals surface area (Å²) in [6, 6.07) is 27.1. The van der Waals surface area contributed by atoms with E-state index in [2.05, 4.69) is 68.1 Å². The van der Waals surface area contributed by atoms with Crippen LogP contribution in [0.15, 0.2) is 97.2 Å². The van der Waals surface area contributed by atoms with Crippen LogP contribution in [-0.2, 0) is 33.6 Å². The molecule has 15 nitrogen and oxygen atoms in total. The minimum atomic E-state index is -0.801. The van der Waals surface area contributed by atoms with E-state index in [0.29, 0.717) is 37.9 Å². The van der Waals surface area contributed by atoms with Gasteiger partial charge in [-0.2, -0.15) is 0 Å². The van der Waals surface area contributed by atoms with Crippen LogP contribution in [-0.4, -0.2) is 107 Å². The SMILES string of the molecule is COc1cc2c(cc1O)C1=CC3CC4(CCC5(C4)NC(C(C)O)CC4CCc6ccc(O)cc6-c6cc7[nH]ccc7n6C45)C4CC(O)CCC4C3C2CC(=O)CC(CCc2ccc(O)c(OCCO)c2)OC(=O)CC#CCc2c1[nH]c1ccccc21. The lowest BCUT2D eigenvalue weighted by atomic mass is 9.47. The monoisotopic (exact) mass is 1160 g/mol. The highest BCUT2D eigenvalue weighted by Crippen LogP contribution is 2.69. The molecule has 7 aliphatic rings. The van der Waals surface area contributed by atoms with E-state index in [1.165, 1.54) is 11.6 Å². The predicted octanol–water partition coefficient (Wildman–Crippen LogP) is 10.9. The number of aromatic hydroxyl groups is 3. The van der Waals surface area contributed by atoms with E-state index in [0.717, 1.165) is 118 Å². The van der Waals surface area contributed by atoms with E-state index in [1.807, 2.05) is 43.5 Å². The number of para-hydroxylation sites is 1. The second-order valence-electron chi connectivity index (χ2n) is 26.4. The molecule has 13 atom stereocenters. The minimum Gasteiger partial charge on any atom is -0.508 e. The Hall–Kier alpha value is -7.48. The van der Waals surface area contributed by atoms with Gasteiger partial charge in [-0.05, 0) is 207 Å². The fourth-order valence-corrected chi connectivity index (χ4v) is 18.2. The van der Waals surface area contributed by atoms with E-state index < -0.39 is 29.8 Å². The molecule has 2 spiro atoms. The maximum atomic E-state index is 15.5. The topological polar surface area (TPSA) is 232 Å². The highest BCUT2D eigenvalue weighted by Gasteiger charge is 2.65. The lowest BCUT2D eigenvalue weighted by Crippen LogP contribution is -2.64. The van der Waals surface area contributed by atoms with Gasteiger partial charge in [-0.15, -0.1) is 0 Å². The maximum absolute atomic E-state index is 15.5. The van der Waals surface area contributed by atoms with Crippen molar-refractivity contribution in [2.45, 2.75) is 152 Å². The molecule has 3 aliphatic heterocycles. The van der Waals surface area contributed by atoms with Crippen molar-refractivity contribution in [3.8, 4) is 51.8 Å². The molecule has 4 aliphatic carbocycles. The molecule has 2 bridgehead atoms. The Balaban J connectivity index is 0.924. The number of benzene rings is 4. The largest absolute Gasteiger partial charge is 0.508 e. The molecule has 0 amide bonds. The summed E-state index contributed by atoms with van der Waals surface area (Å²) in [5.41, 5.74) is 10.9. The third kappa shape index (κ3) is 9.85. The number of Topliss-reactive ketones (excluding diaryl/α,β-unsaturated/α-hetero) is 1. The number of aromatic nitrogens is 3. The van der Waals surface area contributed by atoms with Crippen molar-refractivity contribution in [3.05, 3.63) is 131 Å². The van der Waals surface area contributed by atoms with Crippen LogP contribution in [0.5, 0.6) is 28.7 Å². The smallest absolute Gasteiger partial charge is 0.318 e. The van der Waals surface area contributed by atoms with Crippen molar-refractivity contribution in [1.82, 2.24) is 19.9 Å². The first kappa shape index (κ1) is 56.3. The van der Waals surface area contributed by atoms with Crippen molar-refractivity contribution >= 4 is 39.3 Å². The van der Waals surface area contributed by atoms with Gasteiger partial charge in [0.1, 0.15) is 30.7 Å². The Morgan fingerprint density at radius 3 is 2.59 bits per heavy atom. The highest BCUT2D eigenvalue weighted by molar-refractivity contribution is 5.95. The lowest BCUT2D eigenvalue weighted by Gasteiger charge is -2.59. The first-order chi connectivity index (χ1) is 41.7. The molecule has 7 aromatic rings. The lowest BCUT2D eigenvalue weighted by molar-refractivity contribution is -0.149. The third-order valence-electron chi connectivity index (χ3n) is 21.6. The third-order valence-corrected chi connectivity index (χ3v) is 21.6. The summed E-state index contributed by atoms with van der Waals surface area (Å²) >= 11 is 0. The van der Waals surface area contributed by atoms with E-state index in [-0.39, 0.29) is 114 Å². The molecule has 86 heavy (non-hydrogen) atoms. The van der Waals surface area contributed by atoms with Crippen molar-refractivity contribution in [1.29, 1.82) is 0 Å². The van der Waals surface area contributed by atoms with Gasteiger partial charge in [0.15, 0.2) is 23.0 Å². The summed E-state index contributed by atoms with van der Waals surface area (Å²) in [6.45, 7) is 1.71. The van der Waals surface area contributed by atoms with Crippen LogP contribution in [0.3, 0.4) is 0 Å². The molecule has 4 aromatic carbocycles. The number of ketones is 1.